The third-order valence-electron chi connectivity index (χ3n) is 4.29. The van der Waals surface area contributed by atoms with Gasteiger partial charge in [0, 0.05) is 26.7 Å². The first-order chi connectivity index (χ1) is 9.99. The summed E-state index contributed by atoms with van der Waals surface area (Å²) < 4.78 is 0. The van der Waals surface area contributed by atoms with Crippen LogP contribution in [0.25, 0.3) is 0 Å². The van der Waals surface area contributed by atoms with E-state index in [9.17, 15) is 0 Å². The number of anilines is 3. The van der Waals surface area contributed by atoms with E-state index < -0.39 is 0 Å². The molecule has 3 unspecified atom stereocenters. The van der Waals surface area contributed by atoms with E-state index in [2.05, 4.69) is 39.4 Å². The van der Waals surface area contributed by atoms with E-state index in [1.165, 1.54) is 19.3 Å². The van der Waals surface area contributed by atoms with Crippen LogP contribution in [-0.2, 0) is 0 Å². The molecule has 1 aromatic heterocycles. The van der Waals surface area contributed by atoms with E-state index in [0.29, 0.717) is 23.9 Å². The summed E-state index contributed by atoms with van der Waals surface area (Å²) in [5, 5.41) is 6.66. The van der Waals surface area contributed by atoms with E-state index in [4.69, 9.17) is 0 Å². The molecule has 1 fully saturated rings. The molecule has 2 rings (SSSR count). The predicted octanol–water partition coefficient (Wildman–Crippen LogP) is 2.61. The van der Waals surface area contributed by atoms with Crippen LogP contribution in [0.15, 0.2) is 0 Å². The highest BCUT2D eigenvalue weighted by Gasteiger charge is 2.25. The van der Waals surface area contributed by atoms with Gasteiger partial charge in [-0.3, -0.25) is 0 Å². The highest BCUT2D eigenvalue weighted by molar-refractivity contribution is 5.43. The molecule has 0 spiro atoms. The SMILES string of the molecule is CCNc1nc(NC2CCC(C)C(C)C2)nc(N(C)C)n1. The highest BCUT2D eigenvalue weighted by atomic mass is 15.3. The van der Waals surface area contributed by atoms with Gasteiger partial charge in [0.2, 0.25) is 17.8 Å². The van der Waals surface area contributed by atoms with Gasteiger partial charge in [0.1, 0.15) is 0 Å². The minimum atomic E-state index is 0.461. The Balaban J connectivity index is 2.11. The highest BCUT2D eigenvalue weighted by Crippen LogP contribution is 2.30. The lowest BCUT2D eigenvalue weighted by Crippen LogP contribution is -2.31. The summed E-state index contributed by atoms with van der Waals surface area (Å²) in [6.07, 6.45) is 3.64. The van der Waals surface area contributed by atoms with Crippen molar-refractivity contribution in [2.24, 2.45) is 11.8 Å². The fourth-order valence-corrected chi connectivity index (χ4v) is 2.73. The van der Waals surface area contributed by atoms with Crippen LogP contribution in [0, 0.1) is 11.8 Å². The first-order valence-corrected chi connectivity index (χ1v) is 7.93. The minimum Gasteiger partial charge on any atom is -0.354 e. The van der Waals surface area contributed by atoms with Crippen molar-refractivity contribution in [3.8, 4) is 0 Å². The molecule has 1 saturated carbocycles. The van der Waals surface area contributed by atoms with Crippen LogP contribution in [0.2, 0.25) is 0 Å². The molecule has 0 bridgehead atoms. The fourth-order valence-electron chi connectivity index (χ4n) is 2.73. The number of hydrogen-bond acceptors (Lipinski definition) is 6. The minimum absolute atomic E-state index is 0.461. The Morgan fingerprint density at radius 1 is 1.05 bits per heavy atom. The Labute approximate surface area is 127 Å². The molecule has 2 N–H and O–H groups in total. The van der Waals surface area contributed by atoms with E-state index in [-0.39, 0.29) is 0 Å². The second kappa shape index (κ2) is 6.91. The average Bonchev–Trinajstić information content (AvgIpc) is 2.43. The van der Waals surface area contributed by atoms with Crippen molar-refractivity contribution in [1.29, 1.82) is 0 Å². The zero-order chi connectivity index (χ0) is 15.4. The molecule has 6 heteroatoms. The first-order valence-electron chi connectivity index (χ1n) is 7.93. The Kier molecular flexibility index (Phi) is 5.20. The summed E-state index contributed by atoms with van der Waals surface area (Å²) >= 11 is 0. The third kappa shape index (κ3) is 4.19. The normalized spacial score (nSPS) is 25.5. The summed E-state index contributed by atoms with van der Waals surface area (Å²) in [5.41, 5.74) is 0. The van der Waals surface area contributed by atoms with Crippen LogP contribution < -0.4 is 15.5 Å². The van der Waals surface area contributed by atoms with Crippen LogP contribution in [0.1, 0.15) is 40.0 Å². The summed E-state index contributed by atoms with van der Waals surface area (Å²) in [6.45, 7) is 7.52. The molecule has 1 aromatic rings. The molecule has 0 amide bonds. The van der Waals surface area contributed by atoms with Crippen LogP contribution in [0.5, 0.6) is 0 Å². The van der Waals surface area contributed by atoms with Crippen molar-refractivity contribution in [1.82, 2.24) is 15.0 Å². The Hall–Kier alpha value is -1.59. The summed E-state index contributed by atoms with van der Waals surface area (Å²) in [6, 6.07) is 0.461. The van der Waals surface area contributed by atoms with Crippen molar-refractivity contribution >= 4 is 17.8 Å². The summed E-state index contributed by atoms with van der Waals surface area (Å²) in [7, 11) is 3.89. The average molecular weight is 292 g/mol. The molecule has 118 valence electrons. The molecule has 6 nitrogen and oxygen atoms in total. The second-order valence-corrected chi connectivity index (χ2v) is 6.32. The van der Waals surface area contributed by atoms with Crippen molar-refractivity contribution in [2.45, 2.75) is 46.1 Å². The lowest BCUT2D eigenvalue weighted by molar-refractivity contribution is 0.260. The van der Waals surface area contributed by atoms with Gasteiger partial charge in [-0.15, -0.1) is 0 Å². The quantitative estimate of drug-likeness (QED) is 0.869. The van der Waals surface area contributed by atoms with E-state index in [0.717, 1.165) is 18.4 Å². The van der Waals surface area contributed by atoms with Gasteiger partial charge in [0.05, 0.1) is 0 Å². The van der Waals surface area contributed by atoms with Crippen molar-refractivity contribution in [3.63, 3.8) is 0 Å². The molecule has 0 saturated heterocycles. The monoisotopic (exact) mass is 292 g/mol. The lowest BCUT2D eigenvalue weighted by Gasteiger charge is -2.32. The maximum atomic E-state index is 4.51. The fraction of sp³-hybridized carbons (Fsp3) is 0.800. The topological polar surface area (TPSA) is 66.0 Å². The second-order valence-electron chi connectivity index (χ2n) is 6.32. The van der Waals surface area contributed by atoms with Gasteiger partial charge >= 0.3 is 0 Å². The summed E-state index contributed by atoms with van der Waals surface area (Å²) in [5.74, 6) is 3.56. The summed E-state index contributed by atoms with van der Waals surface area (Å²) in [4.78, 5) is 15.3. The maximum absolute atomic E-state index is 4.51. The molecule has 1 aliphatic rings. The molecular weight excluding hydrogens is 264 g/mol. The van der Waals surface area contributed by atoms with Crippen LogP contribution in [0.3, 0.4) is 0 Å². The van der Waals surface area contributed by atoms with Crippen LogP contribution in [0.4, 0.5) is 17.8 Å². The molecule has 0 aliphatic heterocycles. The molecule has 1 heterocycles. The third-order valence-corrected chi connectivity index (χ3v) is 4.29. The maximum Gasteiger partial charge on any atom is 0.231 e. The molecule has 3 atom stereocenters. The van der Waals surface area contributed by atoms with Crippen LogP contribution in [-0.4, -0.2) is 41.6 Å². The van der Waals surface area contributed by atoms with Crippen LogP contribution >= 0.6 is 0 Å². The number of aromatic nitrogens is 3. The van der Waals surface area contributed by atoms with Gasteiger partial charge in [-0.2, -0.15) is 15.0 Å². The van der Waals surface area contributed by atoms with E-state index in [1.807, 2.05) is 25.9 Å². The van der Waals surface area contributed by atoms with Crippen molar-refractivity contribution < 1.29 is 0 Å². The molecule has 0 aromatic carbocycles. The Morgan fingerprint density at radius 2 is 1.76 bits per heavy atom. The largest absolute Gasteiger partial charge is 0.354 e. The smallest absolute Gasteiger partial charge is 0.231 e. The van der Waals surface area contributed by atoms with Gasteiger partial charge < -0.3 is 15.5 Å². The number of nitrogens with one attached hydrogen (secondary N) is 2. The number of nitrogens with zero attached hydrogens (tertiary/aromatic N) is 4. The molecule has 21 heavy (non-hydrogen) atoms. The van der Waals surface area contributed by atoms with Crippen molar-refractivity contribution in [2.75, 3.05) is 36.2 Å². The standard InChI is InChI=1S/C15H28N6/c1-6-16-13-18-14(20-15(19-13)21(4)5)17-12-8-7-10(2)11(3)9-12/h10-12H,6-9H2,1-5H3,(H2,16,17,18,19,20). The van der Waals surface area contributed by atoms with Gasteiger partial charge in [-0.25, -0.2) is 0 Å². The zero-order valence-electron chi connectivity index (χ0n) is 13.8. The molecule has 0 radical (unpaired) electrons. The Bertz CT molecular complexity index is 461. The van der Waals surface area contributed by atoms with Gasteiger partial charge in [-0.05, 0) is 38.0 Å². The number of rotatable bonds is 5. The number of hydrogen-bond donors (Lipinski definition) is 2. The van der Waals surface area contributed by atoms with Gasteiger partial charge in [0.25, 0.3) is 0 Å². The van der Waals surface area contributed by atoms with Gasteiger partial charge in [-0.1, -0.05) is 13.8 Å². The molecular formula is C15H28N6. The zero-order valence-corrected chi connectivity index (χ0v) is 13.8. The van der Waals surface area contributed by atoms with E-state index >= 15 is 0 Å². The van der Waals surface area contributed by atoms with Gasteiger partial charge in [0.15, 0.2) is 0 Å². The molecule has 1 aliphatic carbocycles. The Morgan fingerprint density at radius 3 is 2.38 bits per heavy atom. The predicted molar refractivity (Wildman–Crippen MR) is 87.9 cm³/mol. The van der Waals surface area contributed by atoms with Crippen molar-refractivity contribution in [3.05, 3.63) is 0 Å². The lowest BCUT2D eigenvalue weighted by atomic mass is 9.79. The van der Waals surface area contributed by atoms with E-state index in [1.54, 1.807) is 0 Å². The first kappa shape index (κ1) is 15.8.